The fourth-order valence-corrected chi connectivity index (χ4v) is 1.42. The van der Waals surface area contributed by atoms with Crippen LogP contribution in [0.1, 0.15) is 25.5 Å². The third-order valence-electron chi connectivity index (χ3n) is 1.84. The number of rotatable bonds is 4. The molecule has 3 heteroatoms. The Morgan fingerprint density at radius 3 is 2.36 bits per heavy atom. The number of benzene rings is 1. The molecule has 1 aromatic carbocycles. The van der Waals surface area contributed by atoms with Crippen molar-refractivity contribution in [3.63, 3.8) is 0 Å². The van der Waals surface area contributed by atoms with Crippen LogP contribution in [-0.4, -0.2) is 17.8 Å². The maximum atomic E-state index is 9.73. The topological polar surface area (TPSA) is 29.5 Å². The highest BCUT2D eigenvalue weighted by molar-refractivity contribution is 14.1. The van der Waals surface area contributed by atoms with Crippen LogP contribution in [0.3, 0.4) is 0 Å². The molecular weight excluding hydrogens is 291 g/mol. The molecule has 0 amide bonds. The first-order valence-electron chi connectivity index (χ1n) is 4.64. The van der Waals surface area contributed by atoms with Gasteiger partial charge in [0.15, 0.2) is 0 Å². The fourth-order valence-electron chi connectivity index (χ4n) is 1.06. The normalized spacial score (nSPS) is 13.2. The first-order chi connectivity index (χ1) is 6.59. The molecule has 1 rings (SSSR count). The van der Waals surface area contributed by atoms with E-state index < -0.39 is 6.10 Å². The van der Waals surface area contributed by atoms with Crippen LogP contribution >= 0.6 is 22.6 Å². The van der Waals surface area contributed by atoms with Crippen molar-refractivity contribution in [3.8, 4) is 0 Å². The molecule has 1 aromatic rings. The summed E-state index contributed by atoms with van der Waals surface area (Å²) in [6.45, 7) is 4.28. The molecule has 0 spiro atoms. The van der Waals surface area contributed by atoms with Gasteiger partial charge in [0.1, 0.15) is 6.10 Å². The SMILES string of the molecule is CC(C)OCC(O)c1ccc(I)cc1. The van der Waals surface area contributed by atoms with E-state index in [2.05, 4.69) is 22.6 Å². The summed E-state index contributed by atoms with van der Waals surface area (Å²) in [5, 5.41) is 9.73. The van der Waals surface area contributed by atoms with Crippen molar-refractivity contribution in [3.05, 3.63) is 33.4 Å². The maximum Gasteiger partial charge on any atom is 0.102 e. The van der Waals surface area contributed by atoms with Crippen LogP contribution in [0.15, 0.2) is 24.3 Å². The Morgan fingerprint density at radius 1 is 1.29 bits per heavy atom. The van der Waals surface area contributed by atoms with Gasteiger partial charge in [-0.25, -0.2) is 0 Å². The molecule has 0 aromatic heterocycles. The highest BCUT2D eigenvalue weighted by Gasteiger charge is 2.07. The van der Waals surface area contributed by atoms with Gasteiger partial charge in [-0.15, -0.1) is 0 Å². The van der Waals surface area contributed by atoms with Gasteiger partial charge in [0.2, 0.25) is 0 Å². The number of halogens is 1. The molecule has 14 heavy (non-hydrogen) atoms. The number of aliphatic hydroxyl groups excluding tert-OH is 1. The van der Waals surface area contributed by atoms with Gasteiger partial charge in [0.25, 0.3) is 0 Å². The van der Waals surface area contributed by atoms with Gasteiger partial charge >= 0.3 is 0 Å². The van der Waals surface area contributed by atoms with Crippen molar-refractivity contribution in [1.82, 2.24) is 0 Å². The number of hydrogen-bond acceptors (Lipinski definition) is 2. The second kappa shape index (κ2) is 5.68. The molecule has 1 N–H and O–H groups in total. The lowest BCUT2D eigenvalue weighted by Crippen LogP contribution is -2.11. The zero-order chi connectivity index (χ0) is 10.6. The Morgan fingerprint density at radius 2 is 1.86 bits per heavy atom. The van der Waals surface area contributed by atoms with E-state index in [9.17, 15) is 5.11 Å². The second-order valence-electron chi connectivity index (χ2n) is 3.45. The zero-order valence-corrected chi connectivity index (χ0v) is 10.6. The summed E-state index contributed by atoms with van der Waals surface area (Å²) in [7, 11) is 0. The Balaban J connectivity index is 2.52. The molecule has 78 valence electrons. The van der Waals surface area contributed by atoms with E-state index in [0.717, 1.165) is 5.56 Å². The van der Waals surface area contributed by atoms with E-state index in [4.69, 9.17) is 4.74 Å². The van der Waals surface area contributed by atoms with Crippen molar-refractivity contribution in [1.29, 1.82) is 0 Å². The third-order valence-corrected chi connectivity index (χ3v) is 2.56. The van der Waals surface area contributed by atoms with E-state index in [1.807, 2.05) is 38.1 Å². The largest absolute Gasteiger partial charge is 0.386 e. The summed E-state index contributed by atoms with van der Waals surface area (Å²) in [4.78, 5) is 0. The Labute approximate surface area is 98.4 Å². The summed E-state index contributed by atoms with van der Waals surface area (Å²) >= 11 is 2.24. The van der Waals surface area contributed by atoms with Gasteiger partial charge in [-0.05, 0) is 54.1 Å². The molecule has 0 saturated heterocycles. The summed E-state index contributed by atoms with van der Waals surface area (Å²) < 4.78 is 6.51. The van der Waals surface area contributed by atoms with Gasteiger partial charge in [-0.2, -0.15) is 0 Å². The van der Waals surface area contributed by atoms with Gasteiger partial charge in [0.05, 0.1) is 12.7 Å². The molecule has 0 radical (unpaired) electrons. The average molecular weight is 306 g/mol. The molecule has 0 fully saturated rings. The van der Waals surface area contributed by atoms with Crippen LogP contribution in [-0.2, 0) is 4.74 Å². The van der Waals surface area contributed by atoms with Crippen LogP contribution in [0.25, 0.3) is 0 Å². The predicted molar refractivity (Wildman–Crippen MR) is 65.2 cm³/mol. The molecule has 1 atom stereocenters. The molecule has 2 nitrogen and oxygen atoms in total. The average Bonchev–Trinajstić information content (AvgIpc) is 2.15. The lowest BCUT2D eigenvalue weighted by atomic mass is 10.1. The van der Waals surface area contributed by atoms with E-state index >= 15 is 0 Å². The summed E-state index contributed by atoms with van der Waals surface area (Å²) in [5.41, 5.74) is 0.908. The van der Waals surface area contributed by atoms with Crippen LogP contribution < -0.4 is 0 Å². The van der Waals surface area contributed by atoms with Gasteiger partial charge in [0, 0.05) is 3.57 Å². The monoisotopic (exact) mass is 306 g/mol. The number of ether oxygens (including phenoxy) is 1. The zero-order valence-electron chi connectivity index (χ0n) is 8.40. The minimum Gasteiger partial charge on any atom is -0.386 e. The Bertz CT molecular complexity index is 269. The molecule has 1 unspecified atom stereocenters. The van der Waals surface area contributed by atoms with Gasteiger partial charge in [-0.3, -0.25) is 0 Å². The van der Waals surface area contributed by atoms with Crippen molar-refractivity contribution in [2.45, 2.75) is 26.1 Å². The summed E-state index contributed by atoms with van der Waals surface area (Å²) in [6.07, 6.45) is -0.358. The maximum absolute atomic E-state index is 9.73. The minimum absolute atomic E-state index is 0.161. The predicted octanol–water partition coefficient (Wildman–Crippen LogP) is 2.75. The molecule has 0 bridgehead atoms. The number of hydrogen-bond donors (Lipinski definition) is 1. The fraction of sp³-hybridized carbons (Fsp3) is 0.455. The van der Waals surface area contributed by atoms with Crippen molar-refractivity contribution < 1.29 is 9.84 Å². The Kier molecular flexibility index (Phi) is 4.84. The van der Waals surface area contributed by atoms with Crippen LogP contribution in [0.2, 0.25) is 0 Å². The van der Waals surface area contributed by atoms with Crippen molar-refractivity contribution in [2.24, 2.45) is 0 Å². The molecule has 0 heterocycles. The quantitative estimate of drug-likeness (QED) is 0.867. The third kappa shape index (κ3) is 3.94. The second-order valence-corrected chi connectivity index (χ2v) is 4.70. The van der Waals surface area contributed by atoms with Crippen LogP contribution in [0.5, 0.6) is 0 Å². The van der Waals surface area contributed by atoms with Crippen LogP contribution in [0.4, 0.5) is 0 Å². The minimum atomic E-state index is -0.519. The highest BCUT2D eigenvalue weighted by atomic mass is 127. The van der Waals surface area contributed by atoms with E-state index in [1.165, 1.54) is 3.57 Å². The Hall–Kier alpha value is -0.130. The van der Waals surface area contributed by atoms with Gasteiger partial charge < -0.3 is 9.84 Å². The molecule has 0 aliphatic rings. The summed E-state index contributed by atoms with van der Waals surface area (Å²) in [5.74, 6) is 0. The van der Waals surface area contributed by atoms with Crippen LogP contribution in [0, 0.1) is 3.57 Å². The lowest BCUT2D eigenvalue weighted by Gasteiger charge is -2.13. The highest BCUT2D eigenvalue weighted by Crippen LogP contribution is 2.15. The summed E-state index contributed by atoms with van der Waals surface area (Å²) in [6, 6.07) is 7.81. The smallest absolute Gasteiger partial charge is 0.102 e. The standard InChI is InChI=1S/C11H15IO2/c1-8(2)14-7-11(13)9-3-5-10(12)6-4-9/h3-6,8,11,13H,7H2,1-2H3. The van der Waals surface area contributed by atoms with Gasteiger partial charge in [-0.1, -0.05) is 12.1 Å². The van der Waals surface area contributed by atoms with E-state index in [-0.39, 0.29) is 6.10 Å². The first kappa shape index (κ1) is 11.9. The first-order valence-corrected chi connectivity index (χ1v) is 5.72. The molecule has 0 aliphatic carbocycles. The van der Waals surface area contributed by atoms with Crippen molar-refractivity contribution >= 4 is 22.6 Å². The molecule has 0 saturated carbocycles. The number of aliphatic hydroxyl groups is 1. The molecule has 0 aliphatic heterocycles. The van der Waals surface area contributed by atoms with E-state index in [0.29, 0.717) is 6.61 Å². The van der Waals surface area contributed by atoms with E-state index in [1.54, 1.807) is 0 Å². The van der Waals surface area contributed by atoms with Crippen molar-refractivity contribution in [2.75, 3.05) is 6.61 Å². The molecular formula is C11H15IO2. The lowest BCUT2D eigenvalue weighted by molar-refractivity contribution is 0.00492.